The molecule has 1 aliphatic rings. The minimum absolute atomic E-state index is 0.0383. The summed E-state index contributed by atoms with van der Waals surface area (Å²) in [5.74, 6) is -1.94. The lowest BCUT2D eigenvalue weighted by atomic mass is 10.1. The fourth-order valence-corrected chi connectivity index (χ4v) is 3.37. The molecule has 1 fully saturated rings. The number of nitrogens with one attached hydrogen (secondary N) is 1. The number of hydrogen-bond donors (Lipinski definition) is 1. The minimum Gasteiger partial charge on any atom is -0.455 e. The molecule has 2 aromatic carbocycles. The Morgan fingerprint density at radius 2 is 1.89 bits per heavy atom. The zero-order valence-corrected chi connectivity index (χ0v) is 17.6. The molecule has 0 aliphatic carbocycles. The predicted molar refractivity (Wildman–Crippen MR) is 111 cm³/mol. The van der Waals surface area contributed by atoms with Crippen LogP contribution in [-0.4, -0.2) is 30.9 Å². The van der Waals surface area contributed by atoms with Crippen molar-refractivity contribution >= 4 is 68.3 Å². The van der Waals surface area contributed by atoms with E-state index in [9.17, 15) is 14.4 Å². The van der Waals surface area contributed by atoms with Crippen LogP contribution in [-0.2, 0) is 19.1 Å². The third-order valence-electron chi connectivity index (χ3n) is 4.14. The van der Waals surface area contributed by atoms with Crippen molar-refractivity contribution < 1.29 is 19.1 Å². The highest BCUT2D eigenvalue weighted by Crippen LogP contribution is 2.27. The first-order valence-electron chi connectivity index (χ1n) is 8.31. The number of amides is 2. The molecular formula is C19H15BrCl2N2O4. The molecular weight excluding hydrogens is 471 g/mol. The molecule has 1 atom stereocenters. The van der Waals surface area contributed by atoms with Crippen LogP contribution in [0.2, 0.25) is 10.0 Å². The standard InChI is InChI=1S/C19H15BrCl2N2O4/c20-12-1-4-14(5-2-12)24-9-11(7-18(24)26)19(27)28-10-17(25)23-16-8-13(21)3-6-15(16)22/h1-6,8,11H,7,9-10H2,(H,23,25)/t11-/m0/s1. The van der Waals surface area contributed by atoms with E-state index in [1.165, 1.54) is 11.0 Å². The van der Waals surface area contributed by atoms with Crippen LogP contribution >= 0.6 is 39.1 Å². The first-order valence-corrected chi connectivity index (χ1v) is 9.86. The van der Waals surface area contributed by atoms with Crippen LogP contribution in [0.4, 0.5) is 11.4 Å². The second kappa shape index (κ2) is 8.94. The Morgan fingerprint density at radius 1 is 1.18 bits per heavy atom. The zero-order valence-electron chi connectivity index (χ0n) is 14.5. The molecule has 28 heavy (non-hydrogen) atoms. The third kappa shape index (κ3) is 5.04. The number of rotatable bonds is 5. The number of anilines is 2. The van der Waals surface area contributed by atoms with Crippen LogP contribution in [0.3, 0.4) is 0 Å². The monoisotopic (exact) mass is 484 g/mol. The first kappa shape index (κ1) is 20.6. The maximum atomic E-state index is 12.3. The number of benzene rings is 2. The fourth-order valence-electron chi connectivity index (χ4n) is 2.77. The van der Waals surface area contributed by atoms with Crippen molar-refractivity contribution in [2.45, 2.75) is 6.42 Å². The fraction of sp³-hybridized carbons (Fsp3) is 0.211. The highest BCUT2D eigenvalue weighted by Gasteiger charge is 2.36. The number of carbonyl (C=O) groups is 3. The van der Waals surface area contributed by atoms with Crippen molar-refractivity contribution in [3.63, 3.8) is 0 Å². The average Bonchev–Trinajstić information content (AvgIpc) is 3.05. The Labute approximate surface area is 179 Å². The van der Waals surface area contributed by atoms with Gasteiger partial charge >= 0.3 is 5.97 Å². The van der Waals surface area contributed by atoms with Gasteiger partial charge in [0.05, 0.1) is 16.6 Å². The molecule has 1 N–H and O–H groups in total. The van der Waals surface area contributed by atoms with E-state index in [2.05, 4.69) is 21.2 Å². The van der Waals surface area contributed by atoms with Crippen molar-refractivity contribution in [2.75, 3.05) is 23.4 Å². The van der Waals surface area contributed by atoms with Gasteiger partial charge in [0.15, 0.2) is 6.61 Å². The summed E-state index contributed by atoms with van der Waals surface area (Å²) in [6.45, 7) is -0.272. The molecule has 2 aromatic rings. The molecule has 2 amide bonds. The van der Waals surface area contributed by atoms with Gasteiger partial charge in [0.1, 0.15) is 0 Å². The van der Waals surface area contributed by atoms with Gasteiger partial charge in [0, 0.05) is 28.1 Å². The second-order valence-electron chi connectivity index (χ2n) is 6.16. The number of carbonyl (C=O) groups excluding carboxylic acids is 3. The van der Waals surface area contributed by atoms with Crippen molar-refractivity contribution in [2.24, 2.45) is 5.92 Å². The van der Waals surface area contributed by atoms with Crippen molar-refractivity contribution in [3.05, 3.63) is 57.0 Å². The maximum absolute atomic E-state index is 12.3. The van der Waals surface area contributed by atoms with Gasteiger partial charge in [-0.25, -0.2) is 0 Å². The summed E-state index contributed by atoms with van der Waals surface area (Å²) in [5, 5.41) is 3.26. The Morgan fingerprint density at radius 3 is 2.61 bits per heavy atom. The van der Waals surface area contributed by atoms with E-state index in [0.29, 0.717) is 21.4 Å². The van der Waals surface area contributed by atoms with Crippen LogP contribution < -0.4 is 10.2 Å². The smallest absolute Gasteiger partial charge is 0.311 e. The van der Waals surface area contributed by atoms with Gasteiger partial charge in [-0.1, -0.05) is 39.1 Å². The van der Waals surface area contributed by atoms with Crippen LogP contribution in [0.25, 0.3) is 0 Å². The average molecular weight is 486 g/mol. The van der Waals surface area contributed by atoms with Crippen molar-refractivity contribution in [1.29, 1.82) is 0 Å². The van der Waals surface area contributed by atoms with Gasteiger partial charge in [-0.05, 0) is 42.5 Å². The molecule has 6 nitrogen and oxygen atoms in total. The van der Waals surface area contributed by atoms with E-state index in [1.54, 1.807) is 24.3 Å². The number of hydrogen-bond acceptors (Lipinski definition) is 4. The molecule has 9 heteroatoms. The maximum Gasteiger partial charge on any atom is 0.311 e. The van der Waals surface area contributed by atoms with Crippen LogP contribution in [0.1, 0.15) is 6.42 Å². The first-order chi connectivity index (χ1) is 13.3. The summed E-state index contributed by atoms with van der Waals surface area (Å²) >= 11 is 15.2. The van der Waals surface area contributed by atoms with Crippen LogP contribution in [0.5, 0.6) is 0 Å². The molecule has 146 valence electrons. The highest BCUT2D eigenvalue weighted by molar-refractivity contribution is 9.10. The molecule has 0 radical (unpaired) electrons. The van der Waals surface area contributed by atoms with Crippen LogP contribution in [0, 0.1) is 5.92 Å². The molecule has 0 saturated carbocycles. The lowest BCUT2D eigenvalue weighted by Gasteiger charge is -2.16. The number of nitrogens with zero attached hydrogens (tertiary/aromatic N) is 1. The molecule has 0 aromatic heterocycles. The molecule has 3 rings (SSSR count). The van der Waals surface area contributed by atoms with E-state index in [0.717, 1.165) is 4.47 Å². The SMILES string of the molecule is O=C(COC(=O)[C@H]1CC(=O)N(c2ccc(Br)cc2)C1)Nc1cc(Cl)ccc1Cl. The number of halogens is 3. The molecule has 1 heterocycles. The minimum atomic E-state index is -0.626. The van der Waals surface area contributed by atoms with Crippen molar-refractivity contribution in [1.82, 2.24) is 0 Å². The van der Waals surface area contributed by atoms with E-state index < -0.39 is 24.4 Å². The molecule has 1 saturated heterocycles. The quantitative estimate of drug-likeness (QED) is 0.641. The second-order valence-corrected chi connectivity index (χ2v) is 7.92. The lowest BCUT2D eigenvalue weighted by molar-refractivity contribution is -0.151. The van der Waals surface area contributed by atoms with E-state index >= 15 is 0 Å². The normalized spacial score (nSPS) is 16.2. The number of ether oxygens (including phenoxy) is 1. The van der Waals surface area contributed by atoms with Gasteiger partial charge in [0.2, 0.25) is 5.91 Å². The van der Waals surface area contributed by atoms with Crippen LogP contribution in [0.15, 0.2) is 46.9 Å². The van der Waals surface area contributed by atoms with Gasteiger partial charge in [-0.3, -0.25) is 14.4 Å². The van der Waals surface area contributed by atoms with Gasteiger partial charge in [-0.2, -0.15) is 0 Å². The highest BCUT2D eigenvalue weighted by atomic mass is 79.9. The predicted octanol–water partition coefficient (Wildman–Crippen LogP) is 4.29. The summed E-state index contributed by atoms with van der Waals surface area (Å²) < 4.78 is 5.96. The zero-order chi connectivity index (χ0) is 20.3. The topological polar surface area (TPSA) is 75.7 Å². The van der Waals surface area contributed by atoms with Gasteiger partial charge in [-0.15, -0.1) is 0 Å². The lowest BCUT2D eigenvalue weighted by Crippen LogP contribution is -2.28. The molecule has 0 bridgehead atoms. The molecule has 0 spiro atoms. The summed E-state index contributed by atoms with van der Waals surface area (Å²) in [6, 6.07) is 11.9. The largest absolute Gasteiger partial charge is 0.455 e. The van der Waals surface area contributed by atoms with Crippen molar-refractivity contribution in [3.8, 4) is 0 Å². The Kier molecular flexibility index (Phi) is 6.59. The van der Waals surface area contributed by atoms with E-state index in [1.807, 2.05) is 12.1 Å². The van der Waals surface area contributed by atoms with Gasteiger partial charge in [0.25, 0.3) is 5.91 Å². The van der Waals surface area contributed by atoms with E-state index in [4.69, 9.17) is 27.9 Å². The Hall–Kier alpha value is -2.09. The summed E-state index contributed by atoms with van der Waals surface area (Å²) in [5.41, 5.74) is 1.03. The summed E-state index contributed by atoms with van der Waals surface area (Å²) in [4.78, 5) is 38.0. The summed E-state index contributed by atoms with van der Waals surface area (Å²) in [6.07, 6.45) is 0.0383. The molecule has 1 aliphatic heterocycles. The summed E-state index contributed by atoms with van der Waals surface area (Å²) in [7, 11) is 0. The molecule has 0 unspecified atom stereocenters. The third-order valence-corrected chi connectivity index (χ3v) is 5.24. The van der Waals surface area contributed by atoms with Gasteiger partial charge < -0.3 is 15.0 Å². The Balaban J connectivity index is 1.53. The van der Waals surface area contributed by atoms with E-state index in [-0.39, 0.29) is 18.9 Å². The number of esters is 1. The Bertz CT molecular complexity index is 921.